The van der Waals surface area contributed by atoms with Gasteiger partial charge in [0.05, 0.1) is 6.20 Å². The third-order valence-electron chi connectivity index (χ3n) is 6.45. The van der Waals surface area contributed by atoms with Gasteiger partial charge in [0.1, 0.15) is 5.82 Å². The van der Waals surface area contributed by atoms with Crippen LogP contribution < -0.4 is 5.32 Å². The highest BCUT2D eigenvalue weighted by atomic mass is 16.2. The number of anilines is 2. The van der Waals surface area contributed by atoms with E-state index in [1.54, 1.807) is 36.9 Å². The van der Waals surface area contributed by atoms with E-state index in [1.807, 2.05) is 41.4 Å². The molecule has 1 aliphatic heterocycles. The summed E-state index contributed by atoms with van der Waals surface area (Å²) in [5.74, 6) is 1.99. The first-order valence-electron chi connectivity index (χ1n) is 11.5. The standard InChI is InChI=1S/C27H23N7O/c35-27(19-7-10-28-11-8-19)34-16-21-2-1-20(13-22(21)17-34)26-29-12-9-25(33-26)32-24-5-3-18(4-6-24)23-14-30-31-15-23/h1-15,21-22H,16-17H2,(H,30,31)(H,29,32,33). The van der Waals surface area contributed by atoms with Gasteiger partial charge >= 0.3 is 0 Å². The van der Waals surface area contributed by atoms with Crippen molar-refractivity contribution in [1.82, 2.24) is 30.0 Å². The van der Waals surface area contributed by atoms with Crippen LogP contribution in [0.3, 0.4) is 0 Å². The predicted molar refractivity (Wildman–Crippen MR) is 134 cm³/mol. The smallest absolute Gasteiger partial charge is 0.254 e. The molecule has 2 atom stereocenters. The molecule has 35 heavy (non-hydrogen) atoms. The normalized spacial score (nSPS) is 18.7. The van der Waals surface area contributed by atoms with Crippen molar-refractivity contribution in [3.05, 3.63) is 103 Å². The van der Waals surface area contributed by atoms with Crippen molar-refractivity contribution in [2.24, 2.45) is 11.8 Å². The van der Waals surface area contributed by atoms with E-state index in [0.29, 0.717) is 30.4 Å². The highest BCUT2D eigenvalue weighted by molar-refractivity contribution is 5.94. The number of amides is 1. The van der Waals surface area contributed by atoms with Crippen molar-refractivity contribution in [2.75, 3.05) is 18.4 Å². The molecule has 0 spiro atoms. The van der Waals surface area contributed by atoms with Gasteiger partial charge in [-0.05, 0) is 35.9 Å². The van der Waals surface area contributed by atoms with Crippen molar-refractivity contribution >= 4 is 23.0 Å². The fraction of sp³-hybridized carbons (Fsp3) is 0.148. The summed E-state index contributed by atoms with van der Waals surface area (Å²) in [6, 6.07) is 13.5. The number of aromatic amines is 1. The lowest BCUT2D eigenvalue weighted by Crippen LogP contribution is -2.28. The van der Waals surface area contributed by atoms with E-state index in [-0.39, 0.29) is 11.8 Å². The maximum atomic E-state index is 12.9. The minimum atomic E-state index is 0.0476. The van der Waals surface area contributed by atoms with E-state index in [9.17, 15) is 4.79 Å². The van der Waals surface area contributed by atoms with Gasteiger partial charge in [0.15, 0.2) is 5.82 Å². The second-order valence-corrected chi connectivity index (χ2v) is 8.71. The number of nitrogens with one attached hydrogen (secondary N) is 2. The number of hydrogen-bond donors (Lipinski definition) is 2. The molecule has 8 heteroatoms. The van der Waals surface area contributed by atoms with Crippen molar-refractivity contribution < 1.29 is 4.79 Å². The molecule has 1 amide bonds. The highest BCUT2D eigenvalue weighted by Crippen LogP contribution is 2.34. The van der Waals surface area contributed by atoms with Crippen molar-refractivity contribution in [3.63, 3.8) is 0 Å². The Balaban J connectivity index is 1.16. The fourth-order valence-corrected chi connectivity index (χ4v) is 4.61. The Labute approximate surface area is 202 Å². The molecule has 0 radical (unpaired) electrons. The third kappa shape index (κ3) is 4.33. The van der Waals surface area contributed by atoms with Gasteiger partial charge in [-0.3, -0.25) is 14.9 Å². The van der Waals surface area contributed by atoms with E-state index in [4.69, 9.17) is 4.98 Å². The van der Waals surface area contributed by atoms with Crippen LogP contribution in [-0.4, -0.2) is 49.0 Å². The van der Waals surface area contributed by atoms with Crippen molar-refractivity contribution in [1.29, 1.82) is 0 Å². The summed E-state index contributed by atoms with van der Waals surface area (Å²) < 4.78 is 0. The molecule has 1 saturated heterocycles. The van der Waals surface area contributed by atoms with Crippen LogP contribution in [0.25, 0.3) is 16.7 Å². The van der Waals surface area contributed by atoms with Gasteiger partial charge in [0, 0.05) is 72.1 Å². The van der Waals surface area contributed by atoms with E-state index in [1.165, 1.54) is 0 Å². The van der Waals surface area contributed by atoms with Gasteiger partial charge in [-0.1, -0.05) is 30.4 Å². The first-order valence-corrected chi connectivity index (χ1v) is 11.5. The Bertz CT molecular complexity index is 1400. The number of carbonyl (C=O) groups is 1. The zero-order valence-electron chi connectivity index (χ0n) is 18.9. The number of likely N-dealkylation sites (tertiary alicyclic amines) is 1. The van der Waals surface area contributed by atoms with E-state index < -0.39 is 0 Å². The maximum Gasteiger partial charge on any atom is 0.254 e. The largest absolute Gasteiger partial charge is 0.340 e. The molecular formula is C27H23N7O. The molecule has 3 aromatic heterocycles. The Hall–Kier alpha value is -4.59. The number of rotatable bonds is 5. The van der Waals surface area contributed by atoms with Gasteiger partial charge in [0.25, 0.3) is 5.91 Å². The summed E-state index contributed by atoms with van der Waals surface area (Å²) in [7, 11) is 0. The lowest BCUT2D eigenvalue weighted by molar-refractivity contribution is 0.0787. The van der Waals surface area contributed by atoms with E-state index >= 15 is 0 Å². The summed E-state index contributed by atoms with van der Waals surface area (Å²) in [6.45, 7) is 1.39. The van der Waals surface area contributed by atoms with Crippen LogP contribution in [0.2, 0.25) is 0 Å². The Kier molecular flexibility index (Phi) is 5.38. The fourth-order valence-electron chi connectivity index (χ4n) is 4.61. The summed E-state index contributed by atoms with van der Waals surface area (Å²) in [6.07, 6.45) is 15.2. The van der Waals surface area contributed by atoms with Gasteiger partial charge < -0.3 is 10.2 Å². The van der Waals surface area contributed by atoms with Crippen LogP contribution in [0.1, 0.15) is 16.2 Å². The third-order valence-corrected chi connectivity index (χ3v) is 6.45. The topological polar surface area (TPSA) is 99.7 Å². The van der Waals surface area contributed by atoms with Gasteiger partial charge in [-0.15, -0.1) is 0 Å². The molecule has 0 bridgehead atoms. The SMILES string of the molecule is O=C(c1ccncc1)N1CC2C=CC(c3nccc(Nc4ccc(-c5cn[nH]c5)cc4)n3)=CC2C1. The average molecular weight is 462 g/mol. The number of carbonyl (C=O) groups excluding carboxylic acids is 1. The Morgan fingerprint density at radius 1 is 0.971 bits per heavy atom. The number of H-pyrrole nitrogens is 1. The summed E-state index contributed by atoms with van der Waals surface area (Å²) in [5, 5.41) is 10.2. The van der Waals surface area contributed by atoms with Crippen LogP contribution >= 0.6 is 0 Å². The summed E-state index contributed by atoms with van der Waals surface area (Å²) >= 11 is 0. The Morgan fingerprint density at radius 3 is 2.60 bits per heavy atom. The second-order valence-electron chi connectivity index (χ2n) is 8.71. The van der Waals surface area contributed by atoms with E-state index in [0.717, 1.165) is 28.2 Å². The zero-order valence-corrected chi connectivity index (χ0v) is 18.9. The van der Waals surface area contributed by atoms with Crippen molar-refractivity contribution in [2.45, 2.75) is 0 Å². The molecular weight excluding hydrogens is 438 g/mol. The lowest BCUT2D eigenvalue weighted by Gasteiger charge is -2.17. The number of aromatic nitrogens is 5. The molecule has 2 unspecified atom stereocenters. The molecule has 1 fully saturated rings. The minimum absolute atomic E-state index is 0.0476. The molecule has 4 aromatic rings. The van der Waals surface area contributed by atoms with Crippen LogP contribution in [0.15, 0.2) is 91.7 Å². The molecule has 6 rings (SSSR count). The molecule has 4 heterocycles. The van der Waals surface area contributed by atoms with Crippen LogP contribution in [0, 0.1) is 11.8 Å². The first-order chi connectivity index (χ1) is 17.2. The quantitative estimate of drug-likeness (QED) is 0.459. The van der Waals surface area contributed by atoms with Gasteiger partial charge in [-0.25, -0.2) is 9.97 Å². The second kappa shape index (κ2) is 8.98. The summed E-state index contributed by atoms with van der Waals surface area (Å²) in [4.78, 5) is 28.0. The first kappa shape index (κ1) is 21.0. The number of hydrogen-bond acceptors (Lipinski definition) is 6. The molecule has 2 aliphatic rings. The van der Waals surface area contributed by atoms with Gasteiger partial charge in [0.2, 0.25) is 0 Å². The van der Waals surface area contributed by atoms with Crippen molar-refractivity contribution in [3.8, 4) is 11.1 Å². The molecule has 172 valence electrons. The van der Waals surface area contributed by atoms with E-state index in [2.05, 4.69) is 43.7 Å². The number of fused-ring (bicyclic) bond motifs is 1. The number of pyridine rings is 1. The lowest BCUT2D eigenvalue weighted by atomic mass is 9.88. The maximum absolute atomic E-state index is 12.9. The predicted octanol–water partition coefficient (Wildman–Crippen LogP) is 4.35. The molecule has 1 aromatic carbocycles. The molecule has 8 nitrogen and oxygen atoms in total. The number of nitrogens with zero attached hydrogens (tertiary/aromatic N) is 5. The number of benzene rings is 1. The monoisotopic (exact) mass is 461 g/mol. The van der Waals surface area contributed by atoms with Crippen LogP contribution in [-0.2, 0) is 0 Å². The Morgan fingerprint density at radius 2 is 1.80 bits per heavy atom. The number of allylic oxidation sites excluding steroid dienone is 2. The van der Waals surface area contributed by atoms with Crippen LogP contribution in [0.5, 0.6) is 0 Å². The highest BCUT2D eigenvalue weighted by Gasteiger charge is 2.34. The molecule has 2 N–H and O–H groups in total. The minimum Gasteiger partial charge on any atom is -0.340 e. The molecule has 1 aliphatic carbocycles. The molecule has 0 saturated carbocycles. The zero-order chi connectivity index (χ0) is 23.6. The van der Waals surface area contributed by atoms with Gasteiger partial charge in [-0.2, -0.15) is 5.10 Å². The summed E-state index contributed by atoms with van der Waals surface area (Å²) in [5.41, 5.74) is 4.72. The van der Waals surface area contributed by atoms with Crippen LogP contribution in [0.4, 0.5) is 11.5 Å². The average Bonchev–Trinajstić information content (AvgIpc) is 3.59.